The molecule has 0 aliphatic rings. The number of aryl methyl sites for hydroxylation is 1. The maximum Gasteiger partial charge on any atom is 0.419 e. The molecule has 0 spiro atoms. The quantitative estimate of drug-likeness (QED) is 0.703. The van der Waals surface area contributed by atoms with E-state index in [0.717, 1.165) is 22.0 Å². The van der Waals surface area contributed by atoms with Gasteiger partial charge in [-0.1, -0.05) is 35.9 Å². The second-order valence-corrected chi connectivity index (χ2v) is 7.76. The zero-order valence-corrected chi connectivity index (χ0v) is 16.3. The Labute approximate surface area is 159 Å². The van der Waals surface area contributed by atoms with Gasteiger partial charge in [0.1, 0.15) is 5.60 Å². The largest absolute Gasteiger partial charge is 0.443 e. The molecule has 0 radical (unpaired) electrons. The zero-order chi connectivity index (χ0) is 19.6. The van der Waals surface area contributed by atoms with Crippen molar-refractivity contribution in [2.75, 3.05) is 5.73 Å². The fourth-order valence-electron chi connectivity index (χ4n) is 2.83. The summed E-state index contributed by atoms with van der Waals surface area (Å²) >= 11 is 0. The first-order chi connectivity index (χ1) is 12.7. The molecule has 27 heavy (non-hydrogen) atoms. The number of hydrogen-bond donors (Lipinski definition) is 1. The van der Waals surface area contributed by atoms with Crippen LogP contribution in [0.3, 0.4) is 0 Å². The average Bonchev–Trinajstić information content (AvgIpc) is 2.92. The van der Waals surface area contributed by atoms with Gasteiger partial charge in [0.2, 0.25) is 0 Å². The Hall–Kier alpha value is -2.79. The van der Waals surface area contributed by atoms with E-state index in [1.807, 2.05) is 39.0 Å². The molecule has 2 N–H and O–H groups in total. The zero-order valence-electron chi connectivity index (χ0n) is 16.3. The molecule has 1 heterocycles. The number of rotatable bonds is 4. The number of aromatic nitrogens is 1. The first-order valence-corrected chi connectivity index (χ1v) is 8.99. The molecule has 5 heteroatoms. The molecule has 0 saturated heterocycles. The van der Waals surface area contributed by atoms with Gasteiger partial charge in [-0.2, -0.15) is 0 Å². The first-order valence-electron chi connectivity index (χ1n) is 8.99. The highest BCUT2D eigenvalue weighted by Crippen LogP contribution is 2.26. The van der Waals surface area contributed by atoms with Crippen LogP contribution in [-0.4, -0.2) is 16.3 Å². The molecule has 3 aromatic rings. The van der Waals surface area contributed by atoms with Crippen molar-refractivity contribution < 1.29 is 14.3 Å². The molecule has 5 nitrogen and oxygen atoms in total. The summed E-state index contributed by atoms with van der Waals surface area (Å²) in [6.45, 7) is 8.59. The summed E-state index contributed by atoms with van der Waals surface area (Å²) in [4.78, 5) is 12.4. The van der Waals surface area contributed by atoms with Crippen molar-refractivity contribution in [2.45, 2.75) is 46.5 Å². The molecule has 3 rings (SSSR count). The van der Waals surface area contributed by atoms with Gasteiger partial charge in [0.25, 0.3) is 0 Å². The van der Waals surface area contributed by atoms with Crippen LogP contribution in [-0.2, 0) is 22.7 Å². The summed E-state index contributed by atoms with van der Waals surface area (Å²) in [6.07, 6.45) is 1.17. The maximum atomic E-state index is 12.4. The highest BCUT2D eigenvalue weighted by Gasteiger charge is 2.20. The second kappa shape index (κ2) is 7.45. The van der Waals surface area contributed by atoms with Crippen molar-refractivity contribution in [3.8, 4) is 0 Å². The number of benzene rings is 2. The number of anilines is 1. The van der Waals surface area contributed by atoms with E-state index >= 15 is 0 Å². The van der Waals surface area contributed by atoms with E-state index in [2.05, 4.69) is 31.2 Å². The lowest BCUT2D eigenvalue weighted by atomic mass is 10.1. The Morgan fingerprint density at radius 2 is 1.67 bits per heavy atom. The van der Waals surface area contributed by atoms with Crippen LogP contribution in [0.2, 0.25) is 0 Å². The molecule has 1 aromatic heterocycles. The summed E-state index contributed by atoms with van der Waals surface area (Å²) in [5.74, 6) is 0. The second-order valence-electron chi connectivity index (χ2n) is 7.76. The number of ether oxygens (including phenoxy) is 2. The third-order valence-corrected chi connectivity index (χ3v) is 4.15. The number of carbonyl (C=O) groups excluding carboxylic acids is 1. The Morgan fingerprint density at radius 3 is 2.33 bits per heavy atom. The highest BCUT2D eigenvalue weighted by atomic mass is 16.6. The van der Waals surface area contributed by atoms with Crippen molar-refractivity contribution in [3.63, 3.8) is 0 Å². The number of nitrogens with two attached hydrogens (primary N) is 1. The molecule has 2 aromatic carbocycles. The van der Waals surface area contributed by atoms with Gasteiger partial charge >= 0.3 is 6.09 Å². The van der Waals surface area contributed by atoms with E-state index < -0.39 is 11.7 Å². The van der Waals surface area contributed by atoms with Crippen molar-refractivity contribution in [1.82, 2.24) is 4.57 Å². The summed E-state index contributed by atoms with van der Waals surface area (Å²) in [5.41, 5.74) is 10.2. The van der Waals surface area contributed by atoms with Crippen LogP contribution in [0.15, 0.2) is 48.7 Å². The van der Waals surface area contributed by atoms with Gasteiger partial charge in [0.15, 0.2) is 0 Å². The monoisotopic (exact) mass is 366 g/mol. The lowest BCUT2D eigenvalue weighted by Gasteiger charge is -2.19. The summed E-state index contributed by atoms with van der Waals surface area (Å²) < 4.78 is 12.7. The van der Waals surface area contributed by atoms with E-state index in [4.69, 9.17) is 15.2 Å². The Bertz CT molecular complexity index is 950. The highest BCUT2D eigenvalue weighted by molar-refractivity contribution is 5.98. The molecular weight excluding hydrogens is 340 g/mol. The third-order valence-electron chi connectivity index (χ3n) is 4.15. The minimum atomic E-state index is -0.563. The Kier molecular flexibility index (Phi) is 5.24. The molecule has 0 bridgehead atoms. The van der Waals surface area contributed by atoms with Crippen molar-refractivity contribution in [3.05, 3.63) is 65.4 Å². The van der Waals surface area contributed by atoms with Gasteiger partial charge < -0.3 is 15.2 Å². The van der Waals surface area contributed by atoms with Crippen LogP contribution in [0.4, 0.5) is 10.5 Å². The minimum Gasteiger partial charge on any atom is -0.443 e. The number of nitrogens with zero attached hydrogens (tertiary/aromatic N) is 1. The van der Waals surface area contributed by atoms with Gasteiger partial charge in [0.05, 0.1) is 24.4 Å². The topological polar surface area (TPSA) is 66.5 Å². The fourth-order valence-corrected chi connectivity index (χ4v) is 2.83. The van der Waals surface area contributed by atoms with Gasteiger partial charge in [0, 0.05) is 11.6 Å². The standard InChI is InChI=1S/C22H26N2O3/c1-15-5-7-16(8-6-15)13-26-14-17-9-10-20-18(11-17)19(23)12-24(20)21(25)27-22(2,3)4/h5-12H,13-14,23H2,1-4H3. The smallest absolute Gasteiger partial charge is 0.419 e. The number of hydrogen-bond acceptors (Lipinski definition) is 4. The van der Waals surface area contributed by atoms with Gasteiger partial charge in [-0.15, -0.1) is 0 Å². The average molecular weight is 366 g/mol. The molecule has 0 atom stereocenters. The van der Waals surface area contributed by atoms with Crippen LogP contribution >= 0.6 is 0 Å². The molecule has 0 saturated carbocycles. The molecule has 0 amide bonds. The summed E-state index contributed by atoms with van der Waals surface area (Å²) in [6, 6.07) is 14.1. The van der Waals surface area contributed by atoms with Crippen molar-refractivity contribution in [1.29, 1.82) is 0 Å². The van der Waals surface area contributed by atoms with Crippen LogP contribution in [0.1, 0.15) is 37.5 Å². The van der Waals surface area contributed by atoms with Crippen LogP contribution in [0.5, 0.6) is 0 Å². The predicted octanol–water partition coefficient (Wildman–Crippen LogP) is 5.03. The van der Waals surface area contributed by atoms with Crippen LogP contribution in [0, 0.1) is 6.92 Å². The molecular formula is C22H26N2O3. The van der Waals surface area contributed by atoms with Crippen molar-refractivity contribution >= 4 is 22.7 Å². The van der Waals surface area contributed by atoms with E-state index in [0.29, 0.717) is 18.9 Å². The minimum absolute atomic E-state index is 0.437. The SMILES string of the molecule is Cc1ccc(COCc2ccc3c(c2)c(N)cn3C(=O)OC(C)(C)C)cc1. The molecule has 0 aliphatic heterocycles. The summed E-state index contributed by atoms with van der Waals surface area (Å²) in [5, 5.41) is 0.817. The number of fused-ring (bicyclic) bond motifs is 1. The predicted molar refractivity (Wildman–Crippen MR) is 108 cm³/mol. The number of carbonyl (C=O) groups is 1. The van der Waals surface area contributed by atoms with Gasteiger partial charge in [-0.25, -0.2) is 4.79 Å². The lowest BCUT2D eigenvalue weighted by molar-refractivity contribution is 0.0544. The van der Waals surface area contributed by atoms with E-state index in [-0.39, 0.29) is 0 Å². The van der Waals surface area contributed by atoms with Crippen LogP contribution in [0.25, 0.3) is 10.9 Å². The normalized spacial score (nSPS) is 11.7. The van der Waals surface area contributed by atoms with Crippen molar-refractivity contribution in [2.24, 2.45) is 0 Å². The lowest BCUT2D eigenvalue weighted by Crippen LogP contribution is -2.26. The molecule has 0 aliphatic carbocycles. The fraction of sp³-hybridized carbons (Fsp3) is 0.318. The molecule has 0 fully saturated rings. The molecule has 0 unspecified atom stereocenters. The Morgan fingerprint density at radius 1 is 1.04 bits per heavy atom. The molecule has 142 valence electrons. The first kappa shape index (κ1) is 19.0. The maximum absolute atomic E-state index is 12.4. The van der Waals surface area contributed by atoms with Gasteiger partial charge in [-0.05, 0) is 51.0 Å². The van der Waals surface area contributed by atoms with E-state index in [1.165, 1.54) is 10.1 Å². The van der Waals surface area contributed by atoms with Crippen LogP contribution < -0.4 is 5.73 Å². The third kappa shape index (κ3) is 4.68. The summed E-state index contributed by atoms with van der Waals surface area (Å²) in [7, 11) is 0. The number of nitrogen functional groups attached to an aromatic ring is 1. The Balaban J connectivity index is 1.72. The van der Waals surface area contributed by atoms with E-state index in [9.17, 15) is 4.79 Å². The van der Waals surface area contributed by atoms with Gasteiger partial charge in [-0.3, -0.25) is 4.57 Å². The van der Waals surface area contributed by atoms with E-state index in [1.54, 1.807) is 6.20 Å².